The zero-order valence-electron chi connectivity index (χ0n) is 17.9. The smallest absolute Gasteiger partial charge is 0.347 e. The van der Waals surface area contributed by atoms with Crippen LogP contribution in [0.5, 0.6) is 5.75 Å². The van der Waals surface area contributed by atoms with Crippen LogP contribution in [0.2, 0.25) is 0 Å². The van der Waals surface area contributed by atoms with Crippen LogP contribution in [0.1, 0.15) is 22.5 Å². The summed E-state index contributed by atoms with van der Waals surface area (Å²) in [5.41, 5.74) is 0.120. The summed E-state index contributed by atoms with van der Waals surface area (Å²) in [6.45, 7) is -0.353. The summed E-state index contributed by atoms with van der Waals surface area (Å²) in [6.07, 6.45) is 3.93. The number of halogens is 1. The molecule has 1 amide bonds. The van der Waals surface area contributed by atoms with E-state index in [1.165, 1.54) is 41.1 Å². The summed E-state index contributed by atoms with van der Waals surface area (Å²) in [4.78, 5) is 50.9. The first-order chi connectivity index (χ1) is 16.3. The van der Waals surface area contributed by atoms with Gasteiger partial charge in [0, 0.05) is 17.5 Å². The van der Waals surface area contributed by atoms with Crippen molar-refractivity contribution >= 4 is 28.4 Å². The monoisotopic (exact) mass is 464 g/mol. The van der Waals surface area contributed by atoms with Gasteiger partial charge in [0.2, 0.25) is 5.78 Å². The van der Waals surface area contributed by atoms with Crippen molar-refractivity contribution in [2.75, 3.05) is 7.11 Å². The third-order valence-corrected chi connectivity index (χ3v) is 5.73. The van der Waals surface area contributed by atoms with E-state index in [2.05, 4.69) is 10.3 Å². The van der Waals surface area contributed by atoms with E-state index in [0.29, 0.717) is 28.1 Å². The summed E-state index contributed by atoms with van der Waals surface area (Å²) in [7, 11) is 1.50. The molecule has 0 saturated carbocycles. The quantitative estimate of drug-likeness (QED) is 0.308. The Morgan fingerprint density at radius 2 is 2.06 bits per heavy atom. The number of nitrogens with zero attached hydrogens (tertiary/aromatic N) is 4. The minimum atomic E-state index is -0.833. The predicted molar refractivity (Wildman–Crippen MR) is 114 cm³/mol. The first-order valence-electron chi connectivity index (χ1n) is 10.3. The number of rotatable bonds is 6. The molecule has 34 heavy (non-hydrogen) atoms. The molecule has 2 aliphatic rings. The number of ketones is 2. The van der Waals surface area contributed by atoms with Gasteiger partial charge in [-0.25, -0.2) is 13.9 Å². The predicted octanol–water partition coefficient (Wildman–Crippen LogP) is 1.94. The molecule has 5 rings (SSSR count). The highest BCUT2D eigenvalue weighted by Crippen LogP contribution is 2.35. The molecule has 1 unspecified atom stereocenters. The summed E-state index contributed by atoms with van der Waals surface area (Å²) in [5, 5.41) is 8.36. The molecule has 0 bridgehead atoms. The number of hydrogen-bond acceptors (Lipinski definition) is 8. The van der Waals surface area contributed by atoms with Crippen molar-refractivity contribution in [3.8, 4) is 5.75 Å². The van der Waals surface area contributed by atoms with Crippen molar-refractivity contribution in [1.29, 1.82) is 0 Å². The maximum absolute atomic E-state index is 13.5. The summed E-state index contributed by atoms with van der Waals surface area (Å²) < 4.78 is 25.1. The third-order valence-electron chi connectivity index (χ3n) is 5.73. The molecule has 1 aliphatic carbocycles. The number of likely N-dealkylation sites (tertiary alicyclic amines) is 1. The molecule has 11 heteroatoms. The summed E-state index contributed by atoms with van der Waals surface area (Å²) >= 11 is 0. The maximum Gasteiger partial charge on any atom is 0.347 e. The first kappa shape index (κ1) is 21.4. The Kier molecular flexibility index (Phi) is 5.16. The second kappa shape index (κ2) is 8.18. The van der Waals surface area contributed by atoms with Crippen molar-refractivity contribution in [2.24, 2.45) is 5.92 Å². The van der Waals surface area contributed by atoms with Crippen LogP contribution in [0.25, 0.3) is 11.0 Å². The minimum absolute atomic E-state index is 0.0610. The lowest BCUT2D eigenvalue weighted by atomic mass is 9.95. The van der Waals surface area contributed by atoms with E-state index in [1.54, 1.807) is 18.2 Å². The lowest BCUT2D eigenvalue weighted by molar-refractivity contribution is -0.140. The van der Waals surface area contributed by atoms with Crippen LogP contribution in [0.15, 0.2) is 63.3 Å². The van der Waals surface area contributed by atoms with Crippen LogP contribution in [0, 0.1) is 5.92 Å². The molecule has 2 aromatic heterocycles. The lowest BCUT2D eigenvalue weighted by Gasteiger charge is -2.19. The molecular weight excluding hydrogens is 447 g/mol. The van der Waals surface area contributed by atoms with Crippen LogP contribution < -0.4 is 10.4 Å². The van der Waals surface area contributed by atoms with E-state index in [0.717, 1.165) is 0 Å². The van der Waals surface area contributed by atoms with E-state index >= 15 is 0 Å². The Balaban J connectivity index is 1.34. The number of hydrogen-bond donors (Lipinski definition) is 0. The Bertz CT molecular complexity index is 1480. The Morgan fingerprint density at radius 1 is 1.24 bits per heavy atom. The van der Waals surface area contributed by atoms with Gasteiger partial charge >= 0.3 is 5.63 Å². The van der Waals surface area contributed by atoms with Gasteiger partial charge in [-0.3, -0.25) is 14.4 Å². The van der Waals surface area contributed by atoms with Crippen LogP contribution >= 0.6 is 0 Å². The van der Waals surface area contributed by atoms with Crippen LogP contribution in [-0.2, 0) is 22.7 Å². The molecule has 1 aliphatic heterocycles. The molecule has 1 saturated heterocycles. The highest BCUT2D eigenvalue weighted by atomic mass is 19.1. The standard InChI is InChI=1S/C23H17FN4O6/c1-33-15-3-5-20-12(6-15)7-17(23(32)34-20)19(29)11-27-9-14(25-26-27)10-28-18-4-2-13(24)8-16(18)21(30)22(28)31/h2-7,9,16H,8,10-11H2,1H3. The molecular formula is C23H17FN4O6. The lowest BCUT2D eigenvalue weighted by Crippen LogP contribution is -2.26. The molecule has 3 aromatic rings. The number of ether oxygens (including phenoxy) is 1. The van der Waals surface area contributed by atoms with Crippen molar-refractivity contribution < 1.29 is 27.9 Å². The number of Topliss-reactive ketones (excluding diaryl/α,β-unsaturated/α-hetero) is 2. The zero-order chi connectivity index (χ0) is 24.0. The van der Waals surface area contributed by atoms with Crippen molar-refractivity contribution in [1.82, 2.24) is 19.9 Å². The molecule has 1 aromatic carbocycles. The number of allylic oxidation sites excluding steroid dienone is 4. The van der Waals surface area contributed by atoms with Gasteiger partial charge in [-0.05, 0) is 36.4 Å². The Hall–Kier alpha value is -4.41. The molecule has 0 spiro atoms. The number of methoxy groups -OCH3 is 1. The fourth-order valence-electron chi connectivity index (χ4n) is 4.03. The molecule has 3 heterocycles. The Labute approximate surface area is 190 Å². The SMILES string of the molecule is COc1ccc2oc(=O)c(C(=O)Cn3cc(CN4C(=O)C(=O)C5CC(F)=CC=C54)nn3)cc2c1. The maximum atomic E-state index is 13.5. The van der Waals surface area contributed by atoms with Gasteiger partial charge in [0.1, 0.15) is 35.0 Å². The van der Waals surface area contributed by atoms with Gasteiger partial charge in [-0.2, -0.15) is 0 Å². The van der Waals surface area contributed by atoms with Crippen LogP contribution in [0.4, 0.5) is 4.39 Å². The first-order valence-corrected chi connectivity index (χ1v) is 10.3. The average molecular weight is 464 g/mol. The molecule has 0 N–H and O–H groups in total. The Morgan fingerprint density at radius 3 is 2.85 bits per heavy atom. The van der Waals surface area contributed by atoms with Gasteiger partial charge in [0.05, 0.1) is 25.8 Å². The number of carbonyl (C=O) groups is 3. The highest BCUT2D eigenvalue weighted by molar-refractivity contribution is 6.40. The van der Waals surface area contributed by atoms with Gasteiger partial charge in [-0.1, -0.05) is 5.21 Å². The second-order valence-corrected chi connectivity index (χ2v) is 7.90. The topological polar surface area (TPSA) is 125 Å². The third kappa shape index (κ3) is 3.70. The highest BCUT2D eigenvalue weighted by Gasteiger charge is 2.44. The number of aromatic nitrogens is 3. The molecule has 1 atom stereocenters. The average Bonchev–Trinajstić information content (AvgIpc) is 3.36. The summed E-state index contributed by atoms with van der Waals surface area (Å²) in [6, 6.07) is 6.29. The second-order valence-electron chi connectivity index (χ2n) is 7.90. The van der Waals surface area contributed by atoms with Gasteiger partial charge < -0.3 is 14.1 Å². The van der Waals surface area contributed by atoms with E-state index in [-0.39, 0.29) is 25.1 Å². The molecule has 172 valence electrons. The van der Waals surface area contributed by atoms with Crippen molar-refractivity contribution in [3.63, 3.8) is 0 Å². The summed E-state index contributed by atoms with van der Waals surface area (Å²) in [5.74, 6) is -2.70. The van der Waals surface area contributed by atoms with Crippen molar-refractivity contribution in [3.05, 3.63) is 75.8 Å². The van der Waals surface area contributed by atoms with E-state index in [9.17, 15) is 23.6 Å². The number of fused-ring (bicyclic) bond motifs is 2. The van der Waals surface area contributed by atoms with Gasteiger partial charge in [0.25, 0.3) is 5.91 Å². The van der Waals surface area contributed by atoms with E-state index < -0.39 is 34.8 Å². The number of carbonyl (C=O) groups excluding carboxylic acids is 3. The fraction of sp³-hybridized carbons (Fsp3) is 0.217. The number of amides is 1. The zero-order valence-corrected chi connectivity index (χ0v) is 17.9. The van der Waals surface area contributed by atoms with Crippen LogP contribution in [0.3, 0.4) is 0 Å². The molecule has 0 radical (unpaired) electrons. The molecule has 10 nitrogen and oxygen atoms in total. The van der Waals surface area contributed by atoms with Gasteiger partial charge in [0.15, 0.2) is 5.78 Å². The molecule has 1 fully saturated rings. The largest absolute Gasteiger partial charge is 0.497 e. The minimum Gasteiger partial charge on any atom is -0.497 e. The van der Waals surface area contributed by atoms with E-state index in [4.69, 9.17) is 9.15 Å². The van der Waals surface area contributed by atoms with E-state index in [1.807, 2.05) is 0 Å². The van der Waals surface area contributed by atoms with Gasteiger partial charge in [-0.15, -0.1) is 5.10 Å². The normalized spacial score (nSPS) is 17.6. The van der Waals surface area contributed by atoms with Crippen molar-refractivity contribution in [2.45, 2.75) is 19.5 Å². The van der Waals surface area contributed by atoms with Crippen LogP contribution in [-0.4, -0.2) is 44.5 Å². The number of benzene rings is 1. The fourth-order valence-corrected chi connectivity index (χ4v) is 4.03.